The number of hydrogen-bond acceptors (Lipinski definition) is 5. The van der Waals surface area contributed by atoms with E-state index in [1.54, 1.807) is 44.2 Å². The second-order valence-electron chi connectivity index (χ2n) is 6.70. The molecule has 2 saturated carbocycles. The van der Waals surface area contributed by atoms with E-state index >= 15 is 0 Å². The SMILES string of the molecule is CC1(C)C2CCC1(C(=O)CO[P+](=O)c1ccccc1)C(=O)C2=O. The summed E-state index contributed by atoms with van der Waals surface area (Å²) in [6.45, 7) is 3.17. The van der Waals surface area contributed by atoms with Gasteiger partial charge in [0.15, 0.2) is 12.4 Å². The largest absolute Gasteiger partial charge is 0.549 e. The van der Waals surface area contributed by atoms with Gasteiger partial charge in [-0.25, -0.2) is 0 Å². The summed E-state index contributed by atoms with van der Waals surface area (Å²) >= 11 is 0. The van der Waals surface area contributed by atoms with Crippen LogP contribution in [-0.2, 0) is 23.5 Å². The molecule has 5 nitrogen and oxygen atoms in total. The van der Waals surface area contributed by atoms with Crippen LogP contribution in [0, 0.1) is 16.7 Å². The number of rotatable bonds is 5. The van der Waals surface area contributed by atoms with E-state index in [2.05, 4.69) is 0 Å². The number of benzene rings is 1. The molecule has 0 N–H and O–H groups in total. The quantitative estimate of drug-likeness (QED) is 0.469. The Kier molecular flexibility index (Phi) is 3.81. The van der Waals surface area contributed by atoms with E-state index in [0.29, 0.717) is 18.1 Å². The van der Waals surface area contributed by atoms with E-state index < -0.39 is 42.8 Å². The third-order valence-corrected chi connectivity index (χ3v) is 6.55. The van der Waals surface area contributed by atoms with Crippen molar-refractivity contribution in [1.82, 2.24) is 0 Å². The van der Waals surface area contributed by atoms with Gasteiger partial charge in [-0.15, -0.1) is 4.52 Å². The topological polar surface area (TPSA) is 77.5 Å². The van der Waals surface area contributed by atoms with Gasteiger partial charge in [-0.05, 0) is 35.0 Å². The van der Waals surface area contributed by atoms with Gasteiger partial charge in [0, 0.05) is 5.92 Å². The molecule has 3 atom stereocenters. The predicted octanol–water partition coefficient (Wildman–Crippen LogP) is 2.21. The third kappa shape index (κ3) is 2.14. The summed E-state index contributed by atoms with van der Waals surface area (Å²) in [5, 5.41) is 0.491. The number of carbonyl (C=O) groups excluding carboxylic acids is 3. The zero-order valence-electron chi connectivity index (χ0n) is 13.1. The standard InChI is InChI=1S/C17H18O5P/c1-16(2)12-8-9-17(16,15(20)14(12)19)13(18)10-22-23(21)11-6-4-3-5-7-11/h3-7,12H,8-10H2,1-2H3/q+1. The molecule has 6 heteroatoms. The van der Waals surface area contributed by atoms with Gasteiger partial charge in [0.25, 0.3) is 0 Å². The van der Waals surface area contributed by atoms with Crippen LogP contribution < -0.4 is 5.30 Å². The smallest absolute Gasteiger partial charge is 0.296 e. The van der Waals surface area contributed by atoms with Crippen molar-refractivity contribution in [2.45, 2.75) is 26.7 Å². The van der Waals surface area contributed by atoms with Crippen molar-refractivity contribution in [1.29, 1.82) is 0 Å². The highest BCUT2D eigenvalue weighted by atomic mass is 31.1. The molecule has 0 spiro atoms. The summed E-state index contributed by atoms with van der Waals surface area (Å²) < 4.78 is 17.3. The minimum Gasteiger partial charge on any atom is -0.296 e. The molecule has 0 aliphatic heterocycles. The Morgan fingerprint density at radius 2 is 1.91 bits per heavy atom. The van der Waals surface area contributed by atoms with Crippen molar-refractivity contribution < 1.29 is 23.5 Å². The highest BCUT2D eigenvalue weighted by Gasteiger charge is 2.72. The molecule has 3 unspecified atom stereocenters. The summed E-state index contributed by atoms with van der Waals surface area (Å²) in [6, 6.07) is 8.57. The van der Waals surface area contributed by atoms with Crippen LogP contribution in [-0.4, -0.2) is 24.0 Å². The minimum absolute atomic E-state index is 0.375. The fourth-order valence-corrected chi connectivity index (χ4v) is 4.86. The Hall–Kier alpha value is -1.71. The normalized spacial score (nSPS) is 29.0. The maximum absolute atomic E-state index is 12.7. The van der Waals surface area contributed by atoms with Crippen LogP contribution in [0.5, 0.6) is 0 Å². The second-order valence-corrected chi connectivity index (χ2v) is 7.99. The lowest BCUT2D eigenvalue weighted by molar-refractivity contribution is -0.149. The Morgan fingerprint density at radius 3 is 2.48 bits per heavy atom. The van der Waals surface area contributed by atoms with E-state index in [1.165, 1.54) is 0 Å². The average molecular weight is 333 g/mol. The summed E-state index contributed by atoms with van der Waals surface area (Å²) in [7, 11) is -2.16. The molecule has 2 fully saturated rings. The van der Waals surface area contributed by atoms with Crippen molar-refractivity contribution in [3.63, 3.8) is 0 Å². The maximum atomic E-state index is 12.7. The van der Waals surface area contributed by atoms with Gasteiger partial charge in [0.05, 0.1) is 0 Å². The van der Waals surface area contributed by atoms with Crippen LogP contribution in [0.1, 0.15) is 26.7 Å². The zero-order valence-corrected chi connectivity index (χ0v) is 14.0. The molecule has 2 bridgehead atoms. The average Bonchev–Trinajstić information content (AvgIpc) is 2.89. The van der Waals surface area contributed by atoms with Gasteiger partial charge in [0.1, 0.15) is 5.41 Å². The van der Waals surface area contributed by atoms with Crippen molar-refractivity contribution in [3.8, 4) is 0 Å². The minimum atomic E-state index is -2.16. The Balaban J connectivity index is 1.77. The first kappa shape index (κ1) is 16.2. The van der Waals surface area contributed by atoms with Crippen LogP contribution in [0.15, 0.2) is 30.3 Å². The maximum Gasteiger partial charge on any atom is 0.549 e. The van der Waals surface area contributed by atoms with Gasteiger partial charge in [-0.2, -0.15) is 0 Å². The van der Waals surface area contributed by atoms with Gasteiger partial charge < -0.3 is 0 Å². The first-order valence-corrected chi connectivity index (χ1v) is 8.77. The molecule has 1 aromatic carbocycles. The molecule has 2 aliphatic rings. The molecule has 0 heterocycles. The monoisotopic (exact) mass is 333 g/mol. The fourth-order valence-electron chi connectivity index (χ4n) is 4.06. The highest BCUT2D eigenvalue weighted by molar-refractivity contribution is 7.48. The molecule has 2 aliphatic carbocycles. The lowest BCUT2D eigenvalue weighted by Crippen LogP contribution is -2.46. The fraction of sp³-hybridized carbons (Fsp3) is 0.471. The van der Waals surface area contributed by atoms with Gasteiger partial charge >= 0.3 is 8.03 Å². The lowest BCUT2D eigenvalue weighted by atomic mass is 9.66. The lowest BCUT2D eigenvalue weighted by Gasteiger charge is -2.33. The molecule has 120 valence electrons. The van der Waals surface area contributed by atoms with E-state index in [1.807, 2.05) is 0 Å². The van der Waals surface area contributed by atoms with Crippen LogP contribution in [0.25, 0.3) is 0 Å². The second kappa shape index (κ2) is 5.43. The van der Waals surface area contributed by atoms with Gasteiger partial charge in [-0.3, -0.25) is 14.4 Å². The number of hydrogen-bond donors (Lipinski definition) is 0. The number of Topliss-reactive ketones (excluding diaryl/α,β-unsaturated/α-hetero) is 3. The molecular weight excluding hydrogens is 315 g/mol. The molecule has 0 aromatic heterocycles. The number of carbonyl (C=O) groups is 3. The van der Waals surface area contributed by atoms with E-state index in [-0.39, 0.29) is 5.92 Å². The zero-order chi connectivity index (χ0) is 16.8. The first-order valence-electron chi connectivity index (χ1n) is 7.59. The molecule has 1 aromatic rings. The number of ketones is 3. The summed E-state index contributed by atoms with van der Waals surface area (Å²) in [6.07, 6.45) is 0.924. The van der Waals surface area contributed by atoms with Crippen molar-refractivity contribution >= 4 is 30.7 Å². The first-order chi connectivity index (χ1) is 10.8. The third-order valence-electron chi connectivity index (χ3n) is 5.46. The van der Waals surface area contributed by atoms with E-state index in [0.717, 1.165) is 0 Å². The van der Waals surface area contributed by atoms with Crippen LogP contribution in [0.4, 0.5) is 0 Å². The van der Waals surface area contributed by atoms with E-state index in [4.69, 9.17) is 4.52 Å². The van der Waals surface area contributed by atoms with Crippen LogP contribution >= 0.6 is 8.03 Å². The summed E-state index contributed by atoms with van der Waals surface area (Å²) in [5.74, 6) is -1.86. The molecule has 23 heavy (non-hydrogen) atoms. The van der Waals surface area contributed by atoms with Crippen molar-refractivity contribution in [2.75, 3.05) is 6.61 Å². The van der Waals surface area contributed by atoms with Gasteiger partial charge in [0.2, 0.25) is 16.9 Å². The molecule has 0 amide bonds. The molecular formula is C17H18O5P+. The molecule has 3 rings (SSSR count). The molecule has 0 saturated heterocycles. The van der Waals surface area contributed by atoms with Gasteiger partial charge in [-0.1, -0.05) is 32.0 Å². The van der Waals surface area contributed by atoms with E-state index in [9.17, 15) is 18.9 Å². The van der Waals surface area contributed by atoms with Crippen molar-refractivity contribution in [2.24, 2.45) is 16.7 Å². The van der Waals surface area contributed by atoms with Crippen LogP contribution in [0.3, 0.4) is 0 Å². The summed E-state index contributed by atoms with van der Waals surface area (Å²) in [5.41, 5.74) is -2.00. The summed E-state index contributed by atoms with van der Waals surface area (Å²) in [4.78, 5) is 37.1. The van der Waals surface area contributed by atoms with Crippen LogP contribution in [0.2, 0.25) is 0 Å². The highest BCUT2D eigenvalue weighted by Crippen LogP contribution is 2.62. The predicted molar refractivity (Wildman–Crippen MR) is 83.6 cm³/mol. The molecule has 0 radical (unpaired) electrons. The Morgan fingerprint density at radius 1 is 1.26 bits per heavy atom. The Labute approximate surface area is 135 Å². The number of fused-ring (bicyclic) bond motifs is 2. The Bertz CT molecular complexity index is 709. The van der Waals surface area contributed by atoms with Crippen molar-refractivity contribution in [3.05, 3.63) is 30.3 Å².